The number of aryl methyl sites for hydroxylation is 1. The molecule has 1 aromatic carbocycles. The van der Waals surface area contributed by atoms with E-state index in [0.717, 1.165) is 77.8 Å². The zero-order valence-electron chi connectivity index (χ0n) is 25.6. The van der Waals surface area contributed by atoms with Gasteiger partial charge < -0.3 is 24.5 Å². The van der Waals surface area contributed by atoms with Crippen LogP contribution in [0.4, 0.5) is 22.1 Å². The number of fused-ring (bicyclic) bond motifs is 2. The maximum absolute atomic E-state index is 12.1. The molecule has 6 rings (SSSR count). The van der Waals surface area contributed by atoms with E-state index in [1.807, 2.05) is 68.2 Å². The summed E-state index contributed by atoms with van der Waals surface area (Å²) in [7, 11) is 1.66. The summed E-state index contributed by atoms with van der Waals surface area (Å²) in [6.45, 7) is 11.3. The smallest absolute Gasteiger partial charge is 0.407 e. The highest BCUT2D eigenvalue weighted by Gasteiger charge is 2.40. The van der Waals surface area contributed by atoms with Crippen LogP contribution >= 0.6 is 0 Å². The number of hydrogen-bond acceptors (Lipinski definition) is 8. The van der Waals surface area contributed by atoms with Gasteiger partial charge in [0.2, 0.25) is 0 Å². The molecular weight excluding hydrogens is 544 g/mol. The molecule has 43 heavy (non-hydrogen) atoms. The number of aromatic nitrogens is 5. The molecule has 226 valence electrons. The number of rotatable bonds is 7. The van der Waals surface area contributed by atoms with E-state index in [0.29, 0.717) is 19.6 Å². The minimum absolute atomic E-state index is 0.207. The first-order valence-electron chi connectivity index (χ1n) is 14.9. The lowest BCUT2D eigenvalue weighted by atomic mass is 9.87. The van der Waals surface area contributed by atoms with Gasteiger partial charge in [0, 0.05) is 43.3 Å². The first-order valence-corrected chi connectivity index (χ1v) is 14.9. The van der Waals surface area contributed by atoms with Crippen molar-refractivity contribution in [3.8, 4) is 5.75 Å². The molecule has 1 N–H and O–H groups in total. The van der Waals surface area contributed by atoms with Crippen LogP contribution in [0.5, 0.6) is 5.75 Å². The van der Waals surface area contributed by atoms with Crippen LogP contribution in [0.3, 0.4) is 0 Å². The van der Waals surface area contributed by atoms with Crippen LogP contribution in [-0.4, -0.2) is 79.7 Å². The van der Waals surface area contributed by atoms with Gasteiger partial charge in [0.05, 0.1) is 31.2 Å². The lowest BCUT2D eigenvalue weighted by Crippen LogP contribution is -2.50. The highest BCUT2D eigenvalue weighted by molar-refractivity contribution is 5.88. The molecule has 0 aliphatic carbocycles. The summed E-state index contributed by atoms with van der Waals surface area (Å²) in [6.07, 6.45) is 5.57. The normalized spacial score (nSPS) is 18.6. The number of benzene rings is 1. The number of amides is 1. The second-order valence-corrected chi connectivity index (χ2v) is 13.0. The number of carboxylic acid groups (broad SMARTS) is 1. The molecule has 3 aromatic heterocycles. The molecule has 0 bridgehead atoms. The van der Waals surface area contributed by atoms with Crippen LogP contribution in [0.1, 0.15) is 51.8 Å². The highest BCUT2D eigenvalue weighted by atomic mass is 16.5. The van der Waals surface area contributed by atoms with Gasteiger partial charge in [-0.15, -0.1) is 0 Å². The van der Waals surface area contributed by atoms with Crippen LogP contribution in [0.25, 0.3) is 11.2 Å². The van der Waals surface area contributed by atoms with Crippen molar-refractivity contribution in [1.82, 2.24) is 29.6 Å². The SMILES string of the molecule is COc1ccc(Cn2nc(N3CCCc4ncccc43)c3ncc(N4CCC(C)(CN(C(=O)O)C(C)(C)C)C4)nc32)cc1. The summed E-state index contributed by atoms with van der Waals surface area (Å²) in [4.78, 5) is 32.8. The first kappa shape index (κ1) is 28.7. The summed E-state index contributed by atoms with van der Waals surface area (Å²) >= 11 is 0. The van der Waals surface area contributed by atoms with Gasteiger partial charge in [-0.3, -0.25) is 4.98 Å². The quantitative estimate of drug-likeness (QED) is 0.307. The average molecular weight is 585 g/mol. The number of methoxy groups -OCH3 is 1. The van der Waals surface area contributed by atoms with Gasteiger partial charge in [0.25, 0.3) is 0 Å². The summed E-state index contributed by atoms with van der Waals surface area (Å²) in [6, 6.07) is 12.1. The Kier molecular flexibility index (Phi) is 7.35. The molecule has 1 atom stereocenters. The van der Waals surface area contributed by atoms with Crippen molar-refractivity contribution in [1.29, 1.82) is 0 Å². The Bertz CT molecular complexity index is 1630. The van der Waals surface area contributed by atoms with E-state index in [1.165, 1.54) is 0 Å². The van der Waals surface area contributed by atoms with Crippen LogP contribution in [0.2, 0.25) is 0 Å². The number of pyridine rings is 1. The standard InChI is InChI=1S/C32H40N8O3/c1-31(2,3)39(30(41)42)21-32(4)14-17-37(20-32)26-18-34-27-28(35-26)40(19-22-10-12-23(43-5)13-11-22)36-29(27)38-16-7-8-24-25(38)9-6-15-33-24/h6,9-13,15,18H,7-8,14,16-17,19-21H2,1-5H3,(H,41,42). The van der Waals surface area contributed by atoms with Crippen LogP contribution < -0.4 is 14.5 Å². The summed E-state index contributed by atoms with van der Waals surface area (Å²) in [5, 5.41) is 15.0. The first-order chi connectivity index (χ1) is 20.5. The lowest BCUT2D eigenvalue weighted by molar-refractivity contribution is 0.0733. The van der Waals surface area contributed by atoms with Crippen LogP contribution in [0, 0.1) is 5.41 Å². The Morgan fingerprint density at radius 1 is 1.14 bits per heavy atom. The van der Waals surface area contributed by atoms with E-state index in [9.17, 15) is 9.90 Å². The van der Waals surface area contributed by atoms with Crippen molar-refractivity contribution in [3.05, 3.63) is 60.0 Å². The summed E-state index contributed by atoms with van der Waals surface area (Å²) < 4.78 is 7.29. The third-order valence-electron chi connectivity index (χ3n) is 8.57. The maximum atomic E-state index is 12.1. The Balaban J connectivity index is 1.36. The summed E-state index contributed by atoms with van der Waals surface area (Å²) in [5.74, 6) is 2.36. The molecule has 11 heteroatoms. The summed E-state index contributed by atoms with van der Waals surface area (Å²) in [5.41, 5.74) is 3.99. The van der Waals surface area contributed by atoms with Gasteiger partial charge in [0.1, 0.15) is 11.6 Å². The second-order valence-electron chi connectivity index (χ2n) is 13.0. The molecule has 5 heterocycles. The van der Waals surface area contributed by atoms with Crippen molar-refractivity contribution in [2.24, 2.45) is 5.41 Å². The molecule has 2 aliphatic heterocycles. The lowest BCUT2D eigenvalue weighted by Gasteiger charge is -2.39. The minimum Gasteiger partial charge on any atom is -0.497 e. The van der Waals surface area contributed by atoms with Crippen LogP contribution in [-0.2, 0) is 13.0 Å². The van der Waals surface area contributed by atoms with Gasteiger partial charge in [-0.1, -0.05) is 19.1 Å². The number of carbonyl (C=O) groups is 1. The van der Waals surface area contributed by atoms with E-state index in [1.54, 1.807) is 12.0 Å². The van der Waals surface area contributed by atoms with Crippen molar-refractivity contribution in [2.75, 3.05) is 43.1 Å². The van der Waals surface area contributed by atoms with Crippen molar-refractivity contribution in [3.63, 3.8) is 0 Å². The highest BCUT2D eigenvalue weighted by Crippen LogP contribution is 2.38. The van der Waals surface area contributed by atoms with Gasteiger partial charge in [-0.05, 0) is 69.9 Å². The molecule has 1 amide bonds. The molecule has 2 aliphatic rings. The average Bonchev–Trinajstić information content (AvgIpc) is 3.56. The molecule has 0 saturated carbocycles. The van der Waals surface area contributed by atoms with Crippen molar-refractivity contribution >= 4 is 34.6 Å². The number of ether oxygens (including phenoxy) is 1. The van der Waals surface area contributed by atoms with Gasteiger partial charge in [-0.25, -0.2) is 19.4 Å². The fourth-order valence-electron chi connectivity index (χ4n) is 6.20. The molecule has 0 spiro atoms. The minimum atomic E-state index is -0.891. The van der Waals surface area contributed by atoms with Gasteiger partial charge in [0.15, 0.2) is 17.0 Å². The van der Waals surface area contributed by atoms with E-state index in [-0.39, 0.29) is 5.41 Å². The molecule has 4 aromatic rings. The Morgan fingerprint density at radius 3 is 2.65 bits per heavy atom. The molecule has 1 fully saturated rings. The Morgan fingerprint density at radius 2 is 1.93 bits per heavy atom. The molecule has 1 unspecified atom stereocenters. The predicted molar refractivity (Wildman–Crippen MR) is 166 cm³/mol. The largest absolute Gasteiger partial charge is 0.497 e. The fourth-order valence-corrected chi connectivity index (χ4v) is 6.20. The van der Waals surface area contributed by atoms with Gasteiger partial charge in [-0.2, -0.15) is 5.10 Å². The Labute approximate surface area is 252 Å². The monoisotopic (exact) mass is 584 g/mol. The maximum Gasteiger partial charge on any atom is 0.407 e. The van der Waals surface area contributed by atoms with Crippen LogP contribution in [0.15, 0.2) is 48.8 Å². The molecule has 1 saturated heterocycles. The van der Waals surface area contributed by atoms with E-state index in [2.05, 4.69) is 27.8 Å². The zero-order chi connectivity index (χ0) is 30.4. The molecular formula is C32H40N8O3. The fraction of sp³-hybridized carbons (Fsp3) is 0.469. The van der Waals surface area contributed by atoms with Crippen molar-refractivity contribution in [2.45, 2.75) is 59.0 Å². The van der Waals surface area contributed by atoms with E-state index >= 15 is 0 Å². The van der Waals surface area contributed by atoms with E-state index in [4.69, 9.17) is 19.8 Å². The molecule has 0 radical (unpaired) electrons. The van der Waals surface area contributed by atoms with Crippen molar-refractivity contribution < 1.29 is 14.6 Å². The van der Waals surface area contributed by atoms with Gasteiger partial charge >= 0.3 is 6.09 Å². The topological polar surface area (TPSA) is 113 Å². The third kappa shape index (κ3) is 5.68. The zero-order valence-corrected chi connectivity index (χ0v) is 25.6. The predicted octanol–water partition coefficient (Wildman–Crippen LogP) is 5.36. The number of nitrogens with zero attached hydrogens (tertiary/aromatic N) is 8. The molecule has 11 nitrogen and oxygen atoms in total. The number of anilines is 3. The number of hydrogen-bond donors (Lipinski definition) is 1. The van der Waals surface area contributed by atoms with E-state index < -0.39 is 11.6 Å². The second kappa shape index (κ2) is 11.0. The third-order valence-corrected chi connectivity index (χ3v) is 8.57. The Hall–Kier alpha value is -4.41.